The van der Waals surface area contributed by atoms with Crippen molar-refractivity contribution in [2.75, 3.05) is 18.0 Å². The topological polar surface area (TPSA) is 72.6 Å². The van der Waals surface area contributed by atoms with Crippen molar-refractivity contribution in [3.63, 3.8) is 0 Å². The van der Waals surface area contributed by atoms with Crippen LogP contribution >= 0.6 is 0 Å². The first kappa shape index (κ1) is 23.9. The number of nitrogens with zero attached hydrogens (tertiary/aromatic N) is 7. The molecule has 4 aromatic heterocycles. The number of hydrogen-bond acceptors (Lipinski definition) is 6. The maximum Gasteiger partial charge on any atom is 0.178 e. The van der Waals surface area contributed by atoms with Crippen LogP contribution in [0.1, 0.15) is 42.1 Å². The number of rotatable bonds is 6. The third kappa shape index (κ3) is 3.88. The number of pyridine rings is 2. The summed E-state index contributed by atoms with van der Waals surface area (Å²) in [5.74, 6) is 2.58. The monoisotopic (exact) mass is 519 g/mol. The van der Waals surface area contributed by atoms with Crippen LogP contribution < -0.4 is 4.90 Å². The van der Waals surface area contributed by atoms with Gasteiger partial charge in [0.2, 0.25) is 0 Å². The molecule has 2 fully saturated rings. The molecule has 0 N–H and O–H groups in total. The molecule has 0 radical (unpaired) electrons. The summed E-state index contributed by atoms with van der Waals surface area (Å²) in [6.45, 7) is 6.04. The summed E-state index contributed by atoms with van der Waals surface area (Å²) in [5.41, 5.74) is 5.40. The predicted octanol–water partition coefficient (Wildman–Crippen LogP) is 5.45. The minimum Gasteiger partial charge on any atom is -0.355 e. The van der Waals surface area contributed by atoms with Gasteiger partial charge >= 0.3 is 0 Å². The molecule has 1 aliphatic heterocycles. The highest BCUT2D eigenvalue weighted by Crippen LogP contribution is 2.65. The van der Waals surface area contributed by atoms with Crippen LogP contribution in [0.2, 0.25) is 0 Å². The minimum atomic E-state index is -0.0766. The van der Waals surface area contributed by atoms with Gasteiger partial charge in [0.1, 0.15) is 17.2 Å². The van der Waals surface area contributed by atoms with E-state index in [1.807, 2.05) is 55.0 Å². The Morgan fingerprint density at radius 3 is 2.72 bits per heavy atom. The van der Waals surface area contributed by atoms with Crippen molar-refractivity contribution in [3.8, 4) is 5.82 Å². The molecule has 196 valence electrons. The third-order valence-electron chi connectivity index (χ3n) is 8.94. The third-order valence-corrected chi connectivity index (χ3v) is 8.94. The van der Waals surface area contributed by atoms with E-state index >= 15 is 0 Å². The van der Waals surface area contributed by atoms with E-state index in [9.17, 15) is 4.39 Å². The highest BCUT2D eigenvalue weighted by molar-refractivity contribution is 5.72. The second kappa shape index (κ2) is 9.22. The molecule has 3 atom stereocenters. The van der Waals surface area contributed by atoms with E-state index in [2.05, 4.69) is 28.8 Å². The molecule has 8 heteroatoms. The Labute approximate surface area is 226 Å². The summed E-state index contributed by atoms with van der Waals surface area (Å²) in [4.78, 5) is 21.3. The molecule has 7 rings (SSSR count). The molecular formula is C31H30FN7. The van der Waals surface area contributed by atoms with E-state index < -0.39 is 0 Å². The van der Waals surface area contributed by atoms with Crippen molar-refractivity contribution in [1.29, 1.82) is 0 Å². The van der Waals surface area contributed by atoms with E-state index in [0.29, 0.717) is 23.9 Å². The zero-order chi connectivity index (χ0) is 26.6. The summed E-state index contributed by atoms with van der Waals surface area (Å²) >= 11 is 0. The molecule has 0 amide bonds. The van der Waals surface area contributed by atoms with Gasteiger partial charge in [-0.25, -0.2) is 29.0 Å². The first-order valence-corrected chi connectivity index (χ1v) is 13.7. The average Bonchev–Trinajstić information content (AvgIpc) is 3.29. The Kier molecular flexibility index (Phi) is 5.65. The summed E-state index contributed by atoms with van der Waals surface area (Å²) < 4.78 is 16.6. The van der Waals surface area contributed by atoms with Crippen LogP contribution in [0, 0.1) is 24.6 Å². The summed E-state index contributed by atoms with van der Waals surface area (Å²) in [5, 5.41) is 4.32. The van der Waals surface area contributed by atoms with Gasteiger partial charge in [0, 0.05) is 49.2 Å². The van der Waals surface area contributed by atoms with Gasteiger partial charge in [-0.15, -0.1) is 0 Å². The van der Waals surface area contributed by atoms with Gasteiger partial charge in [0.15, 0.2) is 11.5 Å². The van der Waals surface area contributed by atoms with Crippen molar-refractivity contribution in [2.45, 2.75) is 38.5 Å². The fourth-order valence-corrected chi connectivity index (χ4v) is 6.90. The van der Waals surface area contributed by atoms with Crippen molar-refractivity contribution >= 4 is 17.0 Å². The second-order valence-electron chi connectivity index (χ2n) is 10.7. The fraction of sp³-hybridized carbons (Fsp3) is 0.323. The Hall–Kier alpha value is -4.20. The number of aromatic nitrogens is 6. The molecule has 2 unspecified atom stereocenters. The van der Waals surface area contributed by atoms with Gasteiger partial charge in [0.05, 0.1) is 6.20 Å². The number of halogens is 1. The number of piperidine rings is 1. The quantitative estimate of drug-likeness (QED) is 0.297. The van der Waals surface area contributed by atoms with Gasteiger partial charge in [-0.1, -0.05) is 25.1 Å². The average molecular weight is 520 g/mol. The molecule has 1 aliphatic carbocycles. The van der Waals surface area contributed by atoms with Crippen molar-refractivity contribution in [1.82, 2.24) is 29.7 Å². The van der Waals surface area contributed by atoms with Crippen LogP contribution in [0.25, 0.3) is 17.0 Å². The normalized spacial score (nSPS) is 22.2. The molecule has 1 saturated heterocycles. The largest absolute Gasteiger partial charge is 0.355 e. The van der Waals surface area contributed by atoms with Crippen LogP contribution in [0.3, 0.4) is 0 Å². The van der Waals surface area contributed by atoms with Gasteiger partial charge in [-0.3, -0.25) is 0 Å². The number of fused-ring (bicyclic) bond motifs is 2. The fourth-order valence-electron chi connectivity index (χ4n) is 6.90. The molecule has 0 bridgehead atoms. The molecule has 7 nitrogen and oxygen atoms in total. The summed E-state index contributed by atoms with van der Waals surface area (Å²) in [6.07, 6.45) is 9.96. The lowest BCUT2D eigenvalue weighted by Crippen LogP contribution is -2.32. The Morgan fingerprint density at radius 1 is 1.00 bits per heavy atom. The van der Waals surface area contributed by atoms with Crippen LogP contribution in [-0.4, -0.2) is 42.8 Å². The predicted molar refractivity (Wildman–Crippen MR) is 148 cm³/mol. The van der Waals surface area contributed by atoms with Crippen molar-refractivity contribution < 1.29 is 4.39 Å². The van der Waals surface area contributed by atoms with E-state index in [0.717, 1.165) is 65.5 Å². The Morgan fingerprint density at radius 2 is 1.90 bits per heavy atom. The van der Waals surface area contributed by atoms with Gasteiger partial charge in [-0.2, -0.15) is 5.10 Å². The summed E-state index contributed by atoms with van der Waals surface area (Å²) in [6, 6.07) is 15.3. The summed E-state index contributed by atoms with van der Waals surface area (Å²) in [7, 11) is 0. The molecule has 0 spiro atoms. The molecule has 39 heavy (non-hydrogen) atoms. The Balaban J connectivity index is 1.11. The van der Waals surface area contributed by atoms with E-state index in [-0.39, 0.29) is 11.2 Å². The van der Waals surface area contributed by atoms with Crippen molar-refractivity contribution in [3.05, 3.63) is 102 Å². The van der Waals surface area contributed by atoms with Crippen LogP contribution in [0.5, 0.6) is 0 Å². The standard InChI is InChI=1S/C31H30FN7/c1-3-31(24-7-4-5-8-26(24)32)23-12-16-38(19-25(23)31)28-18-34-29-27(37-28)10-9-22(36-29)17-21-11-14-33-30(20(21)2)39-15-6-13-35-39/h4-11,13-15,18,23,25H,3,12,16-17,19H2,1-2H3/t23?,25?,31-/m1/s1. The first-order valence-electron chi connectivity index (χ1n) is 13.7. The van der Waals surface area contributed by atoms with Gasteiger partial charge in [-0.05, 0) is 78.6 Å². The minimum absolute atomic E-state index is 0.0663. The maximum absolute atomic E-state index is 14.8. The van der Waals surface area contributed by atoms with E-state index in [1.54, 1.807) is 23.0 Å². The lowest BCUT2D eigenvalue weighted by atomic mass is 9.88. The van der Waals surface area contributed by atoms with Crippen LogP contribution in [0.15, 0.2) is 73.3 Å². The van der Waals surface area contributed by atoms with Gasteiger partial charge < -0.3 is 4.90 Å². The van der Waals surface area contributed by atoms with Crippen molar-refractivity contribution in [2.24, 2.45) is 11.8 Å². The molecule has 2 aliphatic rings. The highest BCUT2D eigenvalue weighted by Gasteiger charge is 2.65. The Bertz CT molecular complexity index is 1670. The van der Waals surface area contributed by atoms with E-state index in [4.69, 9.17) is 15.0 Å². The number of anilines is 1. The van der Waals surface area contributed by atoms with Gasteiger partial charge in [0.25, 0.3) is 0 Å². The highest BCUT2D eigenvalue weighted by atomic mass is 19.1. The zero-order valence-corrected chi connectivity index (χ0v) is 22.1. The molecule has 5 heterocycles. The smallest absolute Gasteiger partial charge is 0.178 e. The van der Waals surface area contributed by atoms with Crippen LogP contribution in [0.4, 0.5) is 10.2 Å². The number of hydrogen-bond donors (Lipinski definition) is 0. The number of benzene rings is 1. The lowest BCUT2D eigenvalue weighted by molar-refractivity contribution is 0.516. The second-order valence-corrected chi connectivity index (χ2v) is 10.7. The van der Waals surface area contributed by atoms with Crippen LogP contribution in [-0.2, 0) is 11.8 Å². The lowest BCUT2D eigenvalue weighted by Gasteiger charge is -2.27. The first-order chi connectivity index (χ1) is 19.1. The molecule has 1 saturated carbocycles. The zero-order valence-electron chi connectivity index (χ0n) is 22.1. The molecule has 1 aromatic carbocycles. The molecular weight excluding hydrogens is 489 g/mol. The van der Waals surface area contributed by atoms with E-state index in [1.165, 1.54) is 0 Å². The molecule has 5 aromatic rings. The maximum atomic E-state index is 14.8. The SMILES string of the molecule is CC[C@]1(c2ccccc2F)C2CCN(c3cnc4nc(Cc5ccnc(-n6cccn6)c5C)ccc4n3)CC21.